The lowest BCUT2D eigenvalue weighted by atomic mass is 10.2. The maximum Gasteiger partial charge on any atom is 0.220 e. The minimum atomic E-state index is 0.134. The quantitative estimate of drug-likeness (QED) is 0.849. The van der Waals surface area contributed by atoms with Crippen LogP contribution in [0.4, 0.5) is 0 Å². The molecule has 1 saturated heterocycles. The first kappa shape index (κ1) is 14.4. The number of aromatic nitrogens is 4. The Labute approximate surface area is 128 Å². The minimum absolute atomic E-state index is 0.134. The van der Waals surface area contributed by atoms with Crippen LogP contribution in [0.1, 0.15) is 31.3 Å². The molecule has 7 heteroatoms. The molecule has 0 aliphatic carbocycles. The van der Waals surface area contributed by atoms with Gasteiger partial charge in [-0.15, -0.1) is 11.6 Å². The van der Waals surface area contributed by atoms with E-state index in [0.29, 0.717) is 12.3 Å². The van der Waals surface area contributed by atoms with E-state index in [0.717, 1.165) is 48.5 Å². The topological polar surface area (TPSA) is 64.7 Å². The summed E-state index contributed by atoms with van der Waals surface area (Å²) in [6, 6.07) is 0.170. The molecule has 1 unspecified atom stereocenters. The predicted octanol–water partition coefficient (Wildman–Crippen LogP) is 1.39. The van der Waals surface area contributed by atoms with Crippen molar-refractivity contribution in [2.24, 2.45) is 7.05 Å². The first-order valence-electron chi connectivity index (χ1n) is 7.40. The zero-order valence-corrected chi connectivity index (χ0v) is 13.2. The van der Waals surface area contributed by atoms with E-state index in [-0.39, 0.29) is 11.9 Å². The summed E-state index contributed by atoms with van der Waals surface area (Å²) in [5.74, 6) is 1.65. The lowest BCUT2D eigenvalue weighted by molar-refractivity contribution is -0.119. The van der Waals surface area contributed by atoms with Gasteiger partial charge in [-0.25, -0.2) is 4.98 Å². The zero-order chi connectivity index (χ0) is 15.0. The van der Waals surface area contributed by atoms with Gasteiger partial charge in [0.05, 0.1) is 5.69 Å². The van der Waals surface area contributed by atoms with Crippen molar-refractivity contribution in [1.29, 1.82) is 0 Å². The number of carbonyl (C=O) groups excluding carboxylic acids is 1. The molecule has 0 saturated carbocycles. The Bertz CT molecular complexity index is 674. The van der Waals surface area contributed by atoms with Crippen LogP contribution in [0.15, 0.2) is 0 Å². The molecule has 1 aliphatic rings. The fourth-order valence-corrected chi connectivity index (χ4v) is 3.20. The van der Waals surface area contributed by atoms with E-state index < -0.39 is 0 Å². The Morgan fingerprint density at radius 3 is 2.90 bits per heavy atom. The van der Waals surface area contributed by atoms with Crippen LogP contribution < -0.4 is 5.32 Å². The van der Waals surface area contributed by atoms with E-state index in [4.69, 9.17) is 16.6 Å². The molecule has 0 aromatic carbocycles. The van der Waals surface area contributed by atoms with Crippen LogP contribution in [0.2, 0.25) is 0 Å². The Balaban J connectivity index is 2.02. The summed E-state index contributed by atoms with van der Waals surface area (Å²) >= 11 is 5.91. The van der Waals surface area contributed by atoms with Crippen molar-refractivity contribution in [2.45, 2.75) is 45.2 Å². The molecule has 0 bridgehead atoms. The Morgan fingerprint density at radius 1 is 1.48 bits per heavy atom. The largest absolute Gasteiger partial charge is 0.352 e. The standard InChI is InChI=1S/C14H20ClN5O/c1-3-10-13-14(19(2)18-10)20(11(17-13)6-7-15)8-9-4-5-12(21)16-9/h9H,3-8H2,1-2H3,(H,16,21). The maximum absolute atomic E-state index is 11.4. The van der Waals surface area contributed by atoms with Gasteiger partial charge in [-0.3, -0.25) is 9.48 Å². The number of hydrogen-bond acceptors (Lipinski definition) is 3. The second kappa shape index (κ2) is 5.67. The van der Waals surface area contributed by atoms with E-state index in [1.165, 1.54) is 0 Å². The average molecular weight is 310 g/mol. The number of hydrogen-bond donors (Lipinski definition) is 1. The molecule has 2 aromatic rings. The normalized spacial score (nSPS) is 18.6. The summed E-state index contributed by atoms with van der Waals surface area (Å²) in [6.07, 6.45) is 3.06. The number of amides is 1. The van der Waals surface area contributed by atoms with E-state index in [2.05, 4.69) is 21.9 Å². The van der Waals surface area contributed by atoms with Gasteiger partial charge < -0.3 is 9.88 Å². The van der Waals surface area contributed by atoms with Crippen LogP contribution in [0, 0.1) is 0 Å². The third kappa shape index (κ3) is 2.52. The van der Waals surface area contributed by atoms with E-state index in [9.17, 15) is 4.79 Å². The molecular weight excluding hydrogens is 290 g/mol. The Hall–Kier alpha value is -1.56. The highest BCUT2D eigenvalue weighted by molar-refractivity contribution is 6.17. The third-order valence-corrected chi connectivity index (χ3v) is 4.20. The highest BCUT2D eigenvalue weighted by Gasteiger charge is 2.25. The molecule has 1 atom stereocenters. The van der Waals surface area contributed by atoms with Gasteiger partial charge in [0.2, 0.25) is 5.91 Å². The van der Waals surface area contributed by atoms with Gasteiger partial charge in [-0.05, 0) is 12.8 Å². The first-order valence-corrected chi connectivity index (χ1v) is 7.93. The lowest BCUT2D eigenvalue weighted by Crippen LogP contribution is -2.30. The zero-order valence-electron chi connectivity index (χ0n) is 12.4. The number of alkyl halides is 1. The van der Waals surface area contributed by atoms with Gasteiger partial charge in [-0.2, -0.15) is 5.10 Å². The van der Waals surface area contributed by atoms with Crippen LogP contribution in [0.5, 0.6) is 0 Å². The van der Waals surface area contributed by atoms with Crippen molar-refractivity contribution in [3.63, 3.8) is 0 Å². The Morgan fingerprint density at radius 2 is 2.29 bits per heavy atom. The van der Waals surface area contributed by atoms with Crippen LogP contribution in [0.3, 0.4) is 0 Å². The average Bonchev–Trinajstić information content (AvgIpc) is 3.09. The molecule has 6 nitrogen and oxygen atoms in total. The smallest absolute Gasteiger partial charge is 0.220 e. The molecule has 1 N–H and O–H groups in total. The number of fused-ring (bicyclic) bond motifs is 1. The molecule has 0 spiro atoms. The SMILES string of the molecule is CCc1nn(C)c2c1nc(CCCl)n2CC1CCC(=O)N1. The number of halogens is 1. The fraction of sp³-hybridized carbons (Fsp3) is 0.643. The number of nitrogens with one attached hydrogen (secondary N) is 1. The van der Waals surface area contributed by atoms with Gasteiger partial charge in [0, 0.05) is 38.4 Å². The monoisotopic (exact) mass is 309 g/mol. The number of carbonyl (C=O) groups is 1. The van der Waals surface area contributed by atoms with Crippen molar-refractivity contribution >= 4 is 28.7 Å². The van der Waals surface area contributed by atoms with Crippen molar-refractivity contribution in [3.8, 4) is 0 Å². The molecule has 1 aliphatic heterocycles. The third-order valence-electron chi connectivity index (χ3n) is 4.01. The molecule has 2 aromatic heterocycles. The van der Waals surface area contributed by atoms with Crippen molar-refractivity contribution in [1.82, 2.24) is 24.6 Å². The van der Waals surface area contributed by atoms with E-state index in [1.54, 1.807) is 0 Å². The number of nitrogens with zero attached hydrogens (tertiary/aromatic N) is 4. The molecular formula is C14H20ClN5O. The predicted molar refractivity (Wildman–Crippen MR) is 81.5 cm³/mol. The molecule has 21 heavy (non-hydrogen) atoms. The molecule has 3 rings (SSSR count). The van der Waals surface area contributed by atoms with E-state index >= 15 is 0 Å². The molecule has 0 radical (unpaired) electrons. The summed E-state index contributed by atoms with van der Waals surface area (Å²) < 4.78 is 4.05. The second-order valence-corrected chi connectivity index (χ2v) is 5.85. The fourth-order valence-electron chi connectivity index (χ4n) is 3.03. The van der Waals surface area contributed by atoms with Gasteiger partial charge in [0.15, 0.2) is 5.65 Å². The van der Waals surface area contributed by atoms with Gasteiger partial charge in [0.1, 0.15) is 11.3 Å². The molecule has 1 amide bonds. The number of aryl methyl sites for hydroxylation is 3. The van der Waals surface area contributed by atoms with E-state index in [1.807, 2.05) is 11.7 Å². The maximum atomic E-state index is 11.4. The molecule has 3 heterocycles. The highest BCUT2D eigenvalue weighted by Crippen LogP contribution is 2.22. The van der Waals surface area contributed by atoms with Gasteiger partial charge >= 0.3 is 0 Å². The molecule has 114 valence electrons. The van der Waals surface area contributed by atoms with Crippen LogP contribution in [-0.4, -0.2) is 37.2 Å². The second-order valence-electron chi connectivity index (χ2n) is 5.48. The summed E-state index contributed by atoms with van der Waals surface area (Å²) in [6.45, 7) is 2.82. The minimum Gasteiger partial charge on any atom is -0.352 e. The summed E-state index contributed by atoms with van der Waals surface area (Å²) in [5, 5.41) is 7.55. The van der Waals surface area contributed by atoms with Crippen LogP contribution in [-0.2, 0) is 31.2 Å². The van der Waals surface area contributed by atoms with Crippen LogP contribution >= 0.6 is 11.6 Å². The summed E-state index contributed by atoms with van der Waals surface area (Å²) in [4.78, 5) is 16.1. The van der Waals surface area contributed by atoms with Crippen molar-refractivity contribution in [3.05, 3.63) is 11.5 Å². The number of rotatable bonds is 5. The van der Waals surface area contributed by atoms with Crippen molar-refractivity contribution in [2.75, 3.05) is 5.88 Å². The molecule has 1 fully saturated rings. The lowest BCUT2D eigenvalue weighted by Gasteiger charge is -2.14. The Kier molecular flexibility index (Phi) is 3.89. The number of imidazole rings is 1. The summed E-state index contributed by atoms with van der Waals surface area (Å²) in [5.41, 5.74) is 3.00. The first-order chi connectivity index (χ1) is 10.1. The van der Waals surface area contributed by atoms with Crippen molar-refractivity contribution < 1.29 is 4.79 Å². The van der Waals surface area contributed by atoms with Gasteiger partial charge in [-0.1, -0.05) is 6.92 Å². The summed E-state index contributed by atoms with van der Waals surface area (Å²) in [7, 11) is 1.94. The highest BCUT2D eigenvalue weighted by atomic mass is 35.5. The van der Waals surface area contributed by atoms with Gasteiger partial charge in [0.25, 0.3) is 0 Å². The van der Waals surface area contributed by atoms with Crippen LogP contribution in [0.25, 0.3) is 11.2 Å².